The van der Waals surface area contributed by atoms with E-state index in [1.165, 1.54) is 0 Å². The van der Waals surface area contributed by atoms with Crippen LogP contribution in [0, 0.1) is 0 Å². The normalized spacial score (nSPS) is 13.3. The van der Waals surface area contributed by atoms with Gasteiger partial charge in [-0.05, 0) is 21.0 Å². The Labute approximate surface area is 87.2 Å². The van der Waals surface area contributed by atoms with Crippen molar-refractivity contribution in [3.05, 3.63) is 5.15 Å². The second-order valence-electron chi connectivity index (χ2n) is 3.10. The Balaban J connectivity index is 2.39. The molecule has 0 saturated heterocycles. The summed E-state index contributed by atoms with van der Waals surface area (Å²) in [6.07, 6.45) is 0. The molecule has 1 rings (SSSR count). The zero-order chi connectivity index (χ0) is 9.84. The molecule has 0 amide bonds. The molecule has 0 spiro atoms. The number of nitrogens with zero attached hydrogens (tertiary/aromatic N) is 3. The zero-order valence-electron chi connectivity index (χ0n) is 7.91. The lowest BCUT2D eigenvalue weighted by Gasteiger charge is -2.19. The highest BCUT2D eigenvalue weighted by Crippen LogP contribution is 2.17. The quantitative estimate of drug-likeness (QED) is 0.836. The van der Waals surface area contributed by atoms with Crippen molar-refractivity contribution in [2.75, 3.05) is 26.0 Å². The fraction of sp³-hybridized carbons (Fsp3) is 0.714. The Kier molecular flexibility index (Phi) is 3.90. The van der Waals surface area contributed by atoms with Gasteiger partial charge in [-0.15, -0.1) is 0 Å². The van der Waals surface area contributed by atoms with Gasteiger partial charge in [0, 0.05) is 12.6 Å². The molecule has 0 aliphatic rings. The first-order chi connectivity index (χ1) is 6.11. The molecule has 74 valence electrons. The third-order valence-electron chi connectivity index (χ3n) is 1.89. The fourth-order valence-electron chi connectivity index (χ4n) is 0.710. The maximum Gasteiger partial charge on any atom is 0.186 e. The molecule has 0 saturated carbocycles. The van der Waals surface area contributed by atoms with Crippen LogP contribution in [0.25, 0.3) is 0 Å². The van der Waals surface area contributed by atoms with Crippen molar-refractivity contribution >= 4 is 29.1 Å². The van der Waals surface area contributed by atoms with Crippen LogP contribution in [0.2, 0.25) is 5.15 Å². The molecule has 0 bridgehead atoms. The number of hydrogen-bond acceptors (Lipinski definition) is 5. The van der Waals surface area contributed by atoms with E-state index >= 15 is 0 Å². The summed E-state index contributed by atoms with van der Waals surface area (Å²) in [4.78, 5) is 2.13. The summed E-state index contributed by atoms with van der Waals surface area (Å²) in [6.45, 7) is 2.94. The molecule has 4 nitrogen and oxygen atoms in total. The molecular weight excluding hydrogens is 208 g/mol. The monoisotopic (exact) mass is 220 g/mol. The SMILES string of the molecule is CC(CNc1nsnc1Cl)N(C)C. The molecule has 0 aliphatic carbocycles. The van der Waals surface area contributed by atoms with Crippen molar-refractivity contribution in [3.8, 4) is 0 Å². The minimum Gasteiger partial charge on any atom is -0.365 e. The van der Waals surface area contributed by atoms with Gasteiger partial charge < -0.3 is 10.2 Å². The number of rotatable bonds is 4. The lowest BCUT2D eigenvalue weighted by Crippen LogP contribution is -2.31. The predicted molar refractivity (Wildman–Crippen MR) is 56.6 cm³/mol. The average molecular weight is 221 g/mol. The van der Waals surface area contributed by atoms with Gasteiger partial charge in [0.1, 0.15) is 0 Å². The van der Waals surface area contributed by atoms with E-state index in [0.29, 0.717) is 17.0 Å². The lowest BCUT2D eigenvalue weighted by molar-refractivity contribution is 0.326. The molecule has 0 radical (unpaired) electrons. The molecule has 0 aromatic carbocycles. The number of nitrogens with one attached hydrogen (secondary N) is 1. The molecule has 0 fully saturated rings. The molecule has 1 aromatic heterocycles. The van der Waals surface area contributed by atoms with Crippen LogP contribution in [0.1, 0.15) is 6.92 Å². The summed E-state index contributed by atoms with van der Waals surface area (Å²) in [5.74, 6) is 0.681. The van der Waals surface area contributed by atoms with Crippen molar-refractivity contribution in [2.45, 2.75) is 13.0 Å². The van der Waals surface area contributed by atoms with E-state index in [0.717, 1.165) is 18.3 Å². The third kappa shape index (κ3) is 3.10. The summed E-state index contributed by atoms with van der Waals surface area (Å²) in [5, 5.41) is 3.59. The second kappa shape index (κ2) is 4.74. The molecule has 1 atom stereocenters. The zero-order valence-corrected chi connectivity index (χ0v) is 9.48. The predicted octanol–water partition coefficient (Wildman–Crippen LogP) is 1.55. The molecule has 1 N–H and O–H groups in total. The second-order valence-corrected chi connectivity index (χ2v) is 3.98. The van der Waals surface area contributed by atoms with Crippen LogP contribution in [-0.2, 0) is 0 Å². The summed E-state index contributed by atoms with van der Waals surface area (Å²) < 4.78 is 7.88. The van der Waals surface area contributed by atoms with E-state index in [9.17, 15) is 0 Å². The Bertz CT molecular complexity index is 263. The maximum absolute atomic E-state index is 5.76. The topological polar surface area (TPSA) is 41.1 Å². The van der Waals surface area contributed by atoms with Crippen LogP contribution in [-0.4, -0.2) is 40.3 Å². The maximum atomic E-state index is 5.76. The van der Waals surface area contributed by atoms with Gasteiger partial charge >= 0.3 is 0 Å². The first kappa shape index (κ1) is 10.7. The van der Waals surface area contributed by atoms with E-state index in [1.807, 2.05) is 14.1 Å². The van der Waals surface area contributed by atoms with Crippen LogP contribution in [0.3, 0.4) is 0 Å². The fourth-order valence-corrected chi connectivity index (χ4v) is 1.39. The smallest absolute Gasteiger partial charge is 0.186 e. The van der Waals surface area contributed by atoms with E-state index in [4.69, 9.17) is 11.6 Å². The van der Waals surface area contributed by atoms with Gasteiger partial charge in [-0.1, -0.05) is 11.6 Å². The van der Waals surface area contributed by atoms with Gasteiger partial charge in [0.15, 0.2) is 11.0 Å². The van der Waals surface area contributed by atoms with Crippen LogP contribution in [0.5, 0.6) is 0 Å². The number of halogens is 1. The van der Waals surface area contributed by atoms with E-state index in [2.05, 4.69) is 25.9 Å². The minimum absolute atomic E-state index is 0.442. The van der Waals surface area contributed by atoms with Gasteiger partial charge in [-0.3, -0.25) is 0 Å². The van der Waals surface area contributed by atoms with Crippen LogP contribution in [0.4, 0.5) is 5.82 Å². The molecular formula is C7H13ClN4S. The largest absolute Gasteiger partial charge is 0.365 e. The molecule has 0 aliphatic heterocycles. The van der Waals surface area contributed by atoms with Gasteiger partial charge in [-0.25, -0.2) is 0 Å². The number of hydrogen-bond donors (Lipinski definition) is 1. The highest BCUT2D eigenvalue weighted by molar-refractivity contribution is 6.99. The Morgan fingerprint density at radius 1 is 1.54 bits per heavy atom. The number of likely N-dealkylation sites (N-methyl/N-ethyl adjacent to an activating group) is 1. The summed E-state index contributed by atoms with van der Waals surface area (Å²) in [5.41, 5.74) is 0. The summed E-state index contributed by atoms with van der Waals surface area (Å²) >= 11 is 6.88. The van der Waals surface area contributed by atoms with Gasteiger partial charge in [0.25, 0.3) is 0 Å². The summed E-state index contributed by atoms with van der Waals surface area (Å²) in [7, 11) is 4.07. The van der Waals surface area contributed by atoms with Gasteiger partial charge in [0.2, 0.25) is 0 Å². The van der Waals surface area contributed by atoms with Crippen molar-refractivity contribution < 1.29 is 0 Å². The third-order valence-corrected chi connectivity index (χ3v) is 2.79. The van der Waals surface area contributed by atoms with Crippen molar-refractivity contribution in [2.24, 2.45) is 0 Å². The Hall–Kier alpha value is -0.390. The van der Waals surface area contributed by atoms with Crippen LogP contribution >= 0.6 is 23.3 Å². The molecule has 13 heavy (non-hydrogen) atoms. The van der Waals surface area contributed by atoms with E-state index in [-0.39, 0.29) is 0 Å². The molecule has 6 heteroatoms. The van der Waals surface area contributed by atoms with Crippen molar-refractivity contribution in [3.63, 3.8) is 0 Å². The molecule has 1 aromatic rings. The minimum atomic E-state index is 0.442. The molecule has 1 unspecified atom stereocenters. The Morgan fingerprint density at radius 2 is 2.23 bits per heavy atom. The molecule has 1 heterocycles. The van der Waals surface area contributed by atoms with E-state index in [1.54, 1.807) is 0 Å². The average Bonchev–Trinajstić information content (AvgIpc) is 2.47. The van der Waals surface area contributed by atoms with E-state index < -0.39 is 0 Å². The van der Waals surface area contributed by atoms with Crippen LogP contribution < -0.4 is 5.32 Å². The number of aromatic nitrogens is 2. The van der Waals surface area contributed by atoms with Crippen molar-refractivity contribution in [1.82, 2.24) is 13.6 Å². The Morgan fingerprint density at radius 3 is 2.69 bits per heavy atom. The highest BCUT2D eigenvalue weighted by atomic mass is 35.5. The summed E-state index contributed by atoms with van der Waals surface area (Å²) in [6, 6.07) is 0.442. The first-order valence-corrected chi connectivity index (χ1v) is 5.10. The lowest BCUT2D eigenvalue weighted by atomic mass is 10.3. The van der Waals surface area contributed by atoms with Gasteiger partial charge in [-0.2, -0.15) is 8.75 Å². The first-order valence-electron chi connectivity index (χ1n) is 3.99. The van der Waals surface area contributed by atoms with Crippen molar-refractivity contribution in [1.29, 1.82) is 0 Å². The van der Waals surface area contributed by atoms with Crippen LogP contribution in [0.15, 0.2) is 0 Å². The highest BCUT2D eigenvalue weighted by Gasteiger charge is 2.07. The standard InChI is InChI=1S/C7H13ClN4S/c1-5(12(2)3)4-9-7-6(8)10-13-11-7/h5H,4H2,1-3H3,(H,9,11). The van der Waals surface area contributed by atoms with Gasteiger partial charge in [0.05, 0.1) is 11.7 Å². The number of anilines is 1.